The SMILES string of the molecule is Cc1cc(C)c(-c2nc(C)c(F)c(N)n2)cc1C. The molecule has 0 spiro atoms. The fourth-order valence-corrected chi connectivity index (χ4v) is 1.90. The molecular formula is C14H16FN3. The van der Waals surface area contributed by atoms with E-state index in [0.717, 1.165) is 16.7 Å². The molecule has 0 amide bonds. The Bertz CT molecular complexity index is 598. The summed E-state index contributed by atoms with van der Waals surface area (Å²) in [6.45, 7) is 7.66. The Morgan fingerprint density at radius 2 is 1.56 bits per heavy atom. The third-order valence-electron chi connectivity index (χ3n) is 3.12. The number of nitrogens with two attached hydrogens (primary N) is 1. The van der Waals surface area contributed by atoms with Crippen LogP contribution in [0.1, 0.15) is 22.4 Å². The Labute approximate surface area is 106 Å². The maximum absolute atomic E-state index is 13.4. The number of aryl methyl sites for hydroxylation is 4. The Morgan fingerprint density at radius 3 is 2.17 bits per heavy atom. The van der Waals surface area contributed by atoms with Crippen molar-refractivity contribution in [3.8, 4) is 11.4 Å². The van der Waals surface area contributed by atoms with Crippen molar-refractivity contribution >= 4 is 5.82 Å². The average molecular weight is 245 g/mol. The summed E-state index contributed by atoms with van der Waals surface area (Å²) < 4.78 is 13.4. The molecular weight excluding hydrogens is 229 g/mol. The largest absolute Gasteiger partial charge is 0.381 e. The van der Waals surface area contributed by atoms with Crippen molar-refractivity contribution in [3.05, 3.63) is 40.3 Å². The van der Waals surface area contributed by atoms with Gasteiger partial charge in [0.25, 0.3) is 0 Å². The second-order valence-corrected chi connectivity index (χ2v) is 4.58. The van der Waals surface area contributed by atoms with Crippen LogP contribution >= 0.6 is 0 Å². The standard InChI is InChI=1S/C14H16FN3/c1-7-5-9(3)11(6-8(7)2)14-17-10(4)12(15)13(16)18-14/h5-6H,1-4H3,(H2,16,17,18). The fraction of sp³-hybridized carbons (Fsp3) is 0.286. The van der Waals surface area contributed by atoms with Crippen molar-refractivity contribution in [2.75, 3.05) is 5.73 Å². The van der Waals surface area contributed by atoms with Crippen molar-refractivity contribution in [1.29, 1.82) is 0 Å². The van der Waals surface area contributed by atoms with Gasteiger partial charge in [-0.3, -0.25) is 0 Å². The number of rotatable bonds is 1. The molecule has 0 saturated heterocycles. The minimum atomic E-state index is -0.541. The summed E-state index contributed by atoms with van der Waals surface area (Å²) in [5.41, 5.74) is 10.1. The van der Waals surface area contributed by atoms with Gasteiger partial charge in [-0.05, 0) is 50.5 Å². The summed E-state index contributed by atoms with van der Waals surface area (Å²) >= 11 is 0. The predicted molar refractivity (Wildman–Crippen MR) is 70.8 cm³/mol. The average Bonchev–Trinajstić information content (AvgIpc) is 2.30. The highest BCUT2D eigenvalue weighted by atomic mass is 19.1. The van der Waals surface area contributed by atoms with Crippen LogP contribution in [0.2, 0.25) is 0 Å². The van der Waals surface area contributed by atoms with Crippen molar-refractivity contribution in [2.45, 2.75) is 27.7 Å². The highest BCUT2D eigenvalue weighted by molar-refractivity contribution is 5.63. The van der Waals surface area contributed by atoms with E-state index in [9.17, 15) is 4.39 Å². The van der Waals surface area contributed by atoms with Crippen LogP contribution in [0.15, 0.2) is 12.1 Å². The maximum Gasteiger partial charge on any atom is 0.186 e. The molecule has 0 radical (unpaired) electrons. The van der Waals surface area contributed by atoms with Gasteiger partial charge < -0.3 is 5.73 Å². The van der Waals surface area contributed by atoms with Gasteiger partial charge in [0, 0.05) is 5.56 Å². The number of halogens is 1. The van der Waals surface area contributed by atoms with E-state index >= 15 is 0 Å². The van der Waals surface area contributed by atoms with Gasteiger partial charge in [-0.1, -0.05) is 6.07 Å². The van der Waals surface area contributed by atoms with E-state index in [-0.39, 0.29) is 11.5 Å². The number of benzene rings is 1. The Hall–Kier alpha value is -1.97. The molecule has 0 saturated carbocycles. The van der Waals surface area contributed by atoms with Crippen LogP contribution in [0.3, 0.4) is 0 Å². The van der Waals surface area contributed by atoms with E-state index in [1.54, 1.807) is 6.92 Å². The van der Waals surface area contributed by atoms with E-state index in [4.69, 9.17) is 5.73 Å². The number of nitrogen functional groups attached to an aromatic ring is 1. The van der Waals surface area contributed by atoms with E-state index in [2.05, 4.69) is 23.0 Å². The summed E-state index contributed by atoms with van der Waals surface area (Å²) in [6.07, 6.45) is 0. The molecule has 94 valence electrons. The highest BCUT2D eigenvalue weighted by Crippen LogP contribution is 2.25. The molecule has 3 nitrogen and oxygen atoms in total. The van der Waals surface area contributed by atoms with E-state index < -0.39 is 5.82 Å². The minimum Gasteiger partial charge on any atom is -0.381 e. The monoisotopic (exact) mass is 245 g/mol. The first-order valence-corrected chi connectivity index (χ1v) is 5.78. The first-order chi connectivity index (χ1) is 8.40. The summed E-state index contributed by atoms with van der Waals surface area (Å²) in [7, 11) is 0. The molecule has 18 heavy (non-hydrogen) atoms. The lowest BCUT2D eigenvalue weighted by Gasteiger charge is -2.10. The summed E-state index contributed by atoms with van der Waals surface area (Å²) in [6, 6.07) is 4.08. The Balaban J connectivity index is 2.66. The van der Waals surface area contributed by atoms with Gasteiger partial charge in [0.1, 0.15) is 0 Å². The van der Waals surface area contributed by atoms with Crippen LogP contribution in [-0.2, 0) is 0 Å². The molecule has 1 aromatic carbocycles. The summed E-state index contributed by atoms with van der Waals surface area (Å²) in [5, 5.41) is 0. The topological polar surface area (TPSA) is 51.8 Å². The molecule has 0 fully saturated rings. The van der Waals surface area contributed by atoms with E-state index in [1.807, 2.05) is 19.9 Å². The molecule has 0 unspecified atom stereocenters. The quantitative estimate of drug-likeness (QED) is 0.839. The number of hydrogen-bond donors (Lipinski definition) is 1. The first kappa shape index (κ1) is 12.5. The summed E-state index contributed by atoms with van der Waals surface area (Å²) in [5.74, 6) is -0.164. The van der Waals surface area contributed by atoms with Crippen LogP contribution in [0.4, 0.5) is 10.2 Å². The van der Waals surface area contributed by atoms with Crippen molar-refractivity contribution in [3.63, 3.8) is 0 Å². The number of hydrogen-bond acceptors (Lipinski definition) is 3. The fourth-order valence-electron chi connectivity index (χ4n) is 1.90. The lowest BCUT2D eigenvalue weighted by Crippen LogP contribution is -2.04. The normalized spacial score (nSPS) is 10.7. The van der Waals surface area contributed by atoms with Gasteiger partial charge >= 0.3 is 0 Å². The lowest BCUT2D eigenvalue weighted by molar-refractivity contribution is 0.608. The maximum atomic E-state index is 13.4. The molecule has 0 bridgehead atoms. The third-order valence-corrected chi connectivity index (χ3v) is 3.12. The first-order valence-electron chi connectivity index (χ1n) is 5.78. The predicted octanol–water partition coefficient (Wildman–Crippen LogP) is 3.10. The number of nitrogens with zero attached hydrogens (tertiary/aromatic N) is 2. The van der Waals surface area contributed by atoms with Crippen LogP contribution in [-0.4, -0.2) is 9.97 Å². The van der Waals surface area contributed by atoms with Crippen molar-refractivity contribution in [1.82, 2.24) is 9.97 Å². The smallest absolute Gasteiger partial charge is 0.186 e. The molecule has 2 rings (SSSR count). The highest BCUT2D eigenvalue weighted by Gasteiger charge is 2.12. The van der Waals surface area contributed by atoms with Gasteiger partial charge in [-0.25, -0.2) is 14.4 Å². The molecule has 1 heterocycles. The van der Waals surface area contributed by atoms with Crippen LogP contribution in [0.25, 0.3) is 11.4 Å². The minimum absolute atomic E-state index is 0.102. The molecule has 0 aliphatic rings. The van der Waals surface area contributed by atoms with Gasteiger partial charge in [0.05, 0.1) is 5.69 Å². The molecule has 0 aliphatic carbocycles. The Morgan fingerprint density at radius 1 is 0.944 bits per heavy atom. The van der Waals surface area contributed by atoms with Crippen molar-refractivity contribution in [2.24, 2.45) is 0 Å². The second kappa shape index (κ2) is 4.37. The van der Waals surface area contributed by atoms with Crippen molar-refractivity contribution < 1.29 is 4.39 Å². The summed E-state index contributed by atoms with van der Waals surface area (Å²) in [4.78, 5) is 8.20. The van der Waals surface area contributed by atoms with Gasteiger partial charge in [-0.15, -0.1) is 0 Å². The Kier molecular flexibility index (Phi) is 3.03. The molecule has 0 aliphatic heterocycles. The van der Waals surface area contributed by atoms with Gasteiger partial charge in [0.15, 0.2) is 17.5 Å². The van der Waals surface area contributed by atoms with Crippen LogP contribution < -0.4 is 5.73 Å². The van der Waals surface area contributed by atoms with Crippen LogP contribution in [0.5, 0.6) is 0 Å². The number of aromatic nitrogens is 2. The molecule has 2 N–H and O–H groups in total. The molecule has 1 aromatic heterocycles. The zero-order chi connectivity index (χ0) is 13.4. The van der Waals surface area contributed by atoms with E-state index in [0.29, 0.717) is 5.82 Å². The van der Waals surface area contributed by atoms with Crippen LogP contribution in [0, 0.1) is 33.5 Å². The molecule has 0 atom stereocenters. The third kappa shape index (κ3) is 2.06. The van der Waals surface area contributed by atoms with Gasteiger partial charge in [-0.2, -0.15) is 0 Å². The lowest BCUT2D eigenvalue weighted by atomic mass is 10.0. The van der Waals surface area contributed by atoms with E-state index in [1.165, 1.54) is 5.56 Å². The van der Waals surface area contributed by atoms with Gasteiger partial charge in [0.2, 0.25) is 0 Å². The zero-order valence-electron chi connectivity index (χ0n) is 11.0. The zero-order valence-corrected chi connectivity index (χ0v) is 11.0. The molecule has 4 heteroatoms. The second-order valence-electron chi connectivity index (χ2n) is 4.58. The molecule has 2 aromatic rings. The number of anilines is 1.